The van der Waals surface area contributed by atoms with Gasteiger partial charge in [-0.05, 0) is 34.9 Å². The maximum absolute atomic E-state index is 11.2. The van der Waals surface area contributed by atoms with Gasteiger partial charge in [-0.15, -0.1) is 11.3 Å². The quantitative estimate of drug-likeness (QED) is 0.637. The van der Waals surface area contributed by atoms with Crippen LogP contribution in [0.5, 0.6) is 5.75 Å². The Kier molecular flexibility index (Phi) is 5.07. The Morgan fingerprint density at radius 3 is 3.05 bits per heavy atom. The minimum Gasteiger partial charge on any atom is -0.497 e. The van der Waals surface area contributed by atoms with Gasteiger partial charge in [0, 0.05) is 16.5 Å². The van der Waals surface area contributed by atoms with Crippen molar-refractivity contribution in [1.29, 1.82) is 0 Å². The molecule has 0 aliphatic rings. The van der Waals surface area contributed by atoms with E-state index in [-0.39, 0.29) is 5.91 Å². The topological polar surface area (TPSA) is 47.6 Å². The van der Waals surface area contributed by atoms with Crippen molar-refractivity contribution in [3.63, 3.8) is 0 Å². The maximum atomic E-state index is 11.2. The summed E-state index contributed by atoms with van der Waals surface area (Å²) in [4.78, 5) is 16.4. The van der Waals surface area contributed by atoms with Crippen LogP contribution in [0, 0.1) is 0 Å². The number of carbonyl (C=O) groups excluding carboxylic acids is 1. The van der Waals surface area contributed by atoms with E-state index in [0.717, 1.165) is 16.7 Å². The summed E-state index contributed by atoms with van der Waals surface area (Å²) in [6.45, 7) is 0.339. The number of rotatable bonds is 6. The van der Waals surface area contributed by atoms with Crippen LogP contribution in [0.15, 0.2) is 23.6 Å². The van der Waals surface area contributed by atoms with Crippen LogP contribution in [-0.4, -0.2) is 18.8 Å². The SMILES string of the molecule is COc1ccc2scc(CONC(=O)CCS)c2c1. The molecular weight excluding hydrogens is 282 g/mol. The number of nitrogens with one attached hydrogen (secondary N) is 1. The average Bonchev–Trinajstić information content (AvgIpc) is 2.81. The molecule has 1 heterocycles. The first-order chi connectivity index (χ1) is 9.24. The average molecular weight is 297 g/mol. The Balaban J connectivity index is 2.02. The van der Waals surface area contributed by atoms with Crippen LogP contribution in [0.1, 0.15) is 12.0 Å². The van der Waals surface area contributed by atoms with Gasteiger partial charge < -0.3 is 4.74 Å². The molecule has 0 radical (unpaired) electrons. The number of amides is 1. The molecule has 0 aliphatic heterocycles. The fourth-order valence-electron chi connectivity index (χ4n) is 1.65. The highest BCUT2D eigenvalue weighted by Crippen LogP contribution is 2.29. The predicted molar refractivity (Wildman–Crippen MR) is 79.8 cm³/mol. The molecule has 4 nitrogen and oxygen atoms in total. The second kappa shape index (κ2) is 6.79. The van der Waals surface area contributed by atoms with Crippen LogP contribution < -0.4 is 10.2 Å². The summed E-state index contributed by atoms with van der Waals surface area (Å²) in [5.41, 5.74) is 3.43. The molecule has 0 atom stereocenters. The van der Waals surface area contributed by atoms with E-state index in [1.165, 1.54) is 4.70 Å². The number of hydrogen-bond acceptors (Lipinski definition) is 5. The van der Waals surface area contributed by atoms with Crippen LogP contribution in [0.4, 0.5) is 0 Å². The number of fused-ring (bicyclic) bond motifs is 1. The number of hydroxylamine groups is 1. The van der Waals surface area contributed by atoms with Crippen LogP contribution in [0.2, 0.25) is 0 Å². The Morgan fingerprint density at radius 2 is 2.32 bits per heavy atom. The van der Waals surface area contributed by atoms with Crippen molar-refractivity contribution in [2.24, 2.45) is 0 Å². The lowest BCUT2D eigenvalue weighted by atomic mass is 10.2. The summed E-state index contributed by atoms with van der Waals surface area (Å²) in [6.07, 6.45) is 0.349. The molecule has 0 spiro atoms. The first-order valence-corrected chi connectivity index (χ1v) is 7.31. The molecule has 1 amide bonds. The van der Waals surface area contributed by atoms with Gasteiger partial charge in [-0.3, -0.25) is 9.63 Å². The second-order valence-corrected chi connectivity index (χ2v) is 5.27. The van der Waals surface area contributed by atoms with Crippen LogP contribution in [-0.2, 0) is 16.2 Å². The number of hydrogen-bond donors (Lipinski definition) is 2. The van der Waals surface area contributed by atoms with Gasteiger partial charge in [0.2, 0.25) is 5.91 Å². The van der Waals surface area contributed by atoms with Crippen LogP contribution in [0.3, 0.4) is 0 Å². The zero-order valence-corrected chi connectivity index (χ0v) is 12.2. The fraction of sp³-hybridized carbons (Fsp3) is 0.308. The molecule has 0 aliphatic carbocycles. The van der Waals surface area contributed by atoms with Gasteiger partial charge in [0.25, 0.3) is 0 Å². The summed E-state index contributed by atoms with van der Waals surface area (Å²) in [5.74, 6) is 1.16. The van der Waals surface area contributed by atoms with E-state index in [1.54, 1.807) is 18.4 Å². The van der Waals surface area contributed by atoms with Crippen molar-refractivity contribution in [3.8, 4) is 5.75 Å². The van der Waals surface area contributed by atoms with E-state index in [0.29, 0.717) is 18.8 Å². The minimum atomic E-state index is -0.160. The number of benzene rings is 1. The van der Waals surface area contributed by atoms with Crippen molar-refractivity contribution >= 4 is 40.0 Å². The molecule has 1 aromatic heterocycles. The van der Waals surface area contributed by atoms with Gasteiger partial charge in [0.05, 0.1) is 7.11 Å². The zero-order chi connectivity index (χ0) is 13.7. The van der Waals surface area contributed by atoms with Gasteiger partial charge >= 0.3 is 0 Å². The molecular formula is C13H15NO3S2. The summed E-state index contributed by atoms with van der Waals surface area (Å²) in [6, 6.07) is 5.92. The molecule has 102 valence electrons. The zero-order valence-electron chi connectivity index (χ0n) is 10.5. The predicted octanol–water partition coefficient (Wildman–Crippen LogP) is 2.78. The number of ether oxygens (including phenoxy) is 1. The lowest BCUT2D eigenvalue weighted by Gasteiger charge is -2.05. The highest BCUT2D eigenvalue weighted by Gasteiger charge is 2.07. The van der Waals surface area contributed by atoms with E-state index in [1.807, 2.05) is 23.6 Å². The third-order valence-electron chi connectivity index (χ3n) is 2.61. The van der Waals surface area contributed by atoms with Gasteiger partial charge in [-0.1, -0.05) is 0 Å². The smallest absolute Gasteiger partial charge is 0.244 e. The van der Waals surface area contributed by atoms with Crippen molar-refractivity contribution < 1.29 is 14.4 Å². The van der Waals surface area contributed by atoms with Crippen molar-refractivity contribution in [2.75, 3.05) is 12.9 Å². The molecule has 1 aromatic carbocycles. The minimum absolute atomic E-state index is 0.160. The van der Waals surface area contributed by atoms with Gasteiger partial charge in [-0.2, -0.15) is 12.6 Å². The van der Waals surface area contributed by atoms with E-state index in [4.69, 9.17) is 9.57 Å². The van der Waals surface area contributed by atoms with Gasteiger partial charge in [0.1, 0.15) is 12.4 Å². The fourth-order valence-corrected chi connectivity index (χ4v) is 2.78. The Morgan fingerprint density at radius 1 is 1.47 bits per heavy atom. The molecule has 0 saturated carbocycles. The van der Waals surface area contributed by atoms with E-state index >= 15 is 0 Å². The lowest BCUT2D eigenvalue weighted by Crippen LogP contribution is -2.23. The number of thiophene rings is 1. The number of carbonyl (C=O) groups is 1. The number of thiol groups is 1. The van der Waals surface area contributed by atoms with E-state index in [2.05, 4.69) is 18.1 Å². The summed E-state index contributed by atoms with van der Waals surface area (Å²) >= 11 is 5.63. The first kappa shape index (κ1) is 14.2. The van der Waals surface area contributed by atoms with E-state index in [9.17, 15) is 4.79 Å². The normalized spacial score (nSPS) is 10.6. The van der Waals surface area contributed by atoms with Crippen LogP contribution >= 0.6 is 24.0 Å². The third kappa shape index (κ3) is 3.62. The summed E-state index contributed by atoms with van der Waals surface area (Å²) < 4.78 is 6.37. The first-order valence-electron chi connectivity index (χ1n) is 5.80. The highest BCUT2D eigenvalue weighted by molar-refractivity contribution is 7.80. The molecule has 0 saturated heterocycles. The Hall–Kier alpha value is -1.24. The van der Waals surface area contributed by atoms with Crippen LogP contribution in [0.25, 0.3) is 10.1 Å². The Labute approximate surface area is 121 Å². The van der Waals surface area contributed by atoms with Crippen molar-refractivity contribution in [3.05, 3.63) is 29.1 Å². The Bertz CT molecular complexity index is 568. The molecule has 19 heavy (non-hydrogen) atoms. The monoisotopic (exact) mass is 297 g/mol. The van der Waals surface area contributed by atoms with Crippen molar-refractivity contribution in [2.45, 2.75) is 13.0 Å². The molecule has 2 rings (SSSR count). The largest absolute Gasteiger partial charge is 0.497 e. The second-order valence-electron chi connectivity index (χ2n) is 3.91. The molecule has 0 bridgehead atoms. The standard InChI is InChI=1S/C13H15NO3S2/c1-16-10-2-3-12-11(6-10)9(8-19-12)7-17-14-13(15)4-5-18/h2-3,6,8,18H,4-5,7H2,1H3,(H,14,15). The summed E-state index contributed by atoms with van der Waals surface area (Å²) in [5, 5.41) is 3.11. The highest BCUT2D eigenvalue weighted by atomic mass is 32.1. The molecule has 1 N–H and O–H groups in total. The summed E-state index contributed by atoms with van der Waals surface area (Å²) in [7, 11) is 1.64. The lowest BCUT2D eigenvalue weighted by molar-refractivity contribution is -0.134. The van der Waals surface area contributed by atoms with E-state index < -0.39 is 0 Å². The molecule has 0 fully saturated rings. The van der Waals surface area contributed by atoms with Gasteiger partial charge in [-0.25, -0.2) is 5.48 Å². The van der Waals surface area contributed by atoms with Gasteiger partial charge in [0.15, 0.2) is 0 Å². The molecule has 2 aromatic rings. The molecule has 6 heteroatoms. The molecule has 0 unspecified atom stereocenters. The van der Waals surface area contributed by atoms with Crippen molar-refractivity contribution in [1.82, 2.24) is 5.48 Å². The number of methoxy groups -OCH3 is 1. The maximum Gasteiger partial charge on any atom is 0.244 e. The third-order valence-corrected chi connectivity index (χ3v) is 3.85.